The normalized spacial score (nSPS) is 12.8. The molecule has 0 spiro atoms. The van der Waals surface area contributed by atoms with Crippen LogP contribution in [0.3, 0.4) is 0 Å². The molecule has 7 nitrogen and oxygen atoms in total. The Bertz CT molecular complexity index is 1400. The van der Waals surface area contributed by atoms with Gasteiger partial charge in [0.1, 0.15) is 12.6 Å². The third-order valence-corrected chi connectivity index (χ3v) is 9.30. The fourth-order valence-corrected chi connectivity index (χ4v) is 6.00. The van der Waals surface area contributed by atoms with Crippen molar-refractivity contribution in [2.24, 2.45) is 0 Å². The molecule has 0 fully saturated rings. The maximum Gasteiger partial charge on any atom is 0.264 e. The first-order valence-corrected chi connectivity index (χ1v) is 15.4. The molecule has 0 radical (unpaired) electrons. The van der Waals surface area contributed by atoms with Gasteiger partial charge in [0.2, 0.25) is 11.8 Å². The number of aryl methyl sites for hydroxylation is 1. The number of amides is 2. The minimum atomic E-state index is -4.13. The number of hydrogen-bond acceptors (Lipinski definition) is 4. The van der Waals surface area contributed by atoms with Crippen molar-refractivity contribution in [2.45, 2.75) is 64.1 Å². The summed E-state index contributed by atoms with van der Waals surface area (Å²) in [6.07, 6.45) is 1.49. The molecule has 0 aromatic heterocycles. The summed E-state index contributed by atoms with van der Waals surface area (Å²) in [7, 11) is -4.13. The quantitative estimate of drug-likeness (QED) is 0.272. The maximum absolute atomic E-state index is 14.0. The van der Waals surface area contributed by atoms with Crippen molar-refractivity contribution in [2.75, 3.05) is 10.8 Å². The van der Waals surface area contributed by atoms with Gasteiger partial charge < -0.3 is 10.2 Å². The van der Waals surface area contributed by atoms with Crippen molar-refractivity contribution in [1.82, 2.24) is 10.2 Å². The molecule has 0 aliphatic carbocycles. The summed E-state index contributed by atoms with van der Waals surface area (Å²) in [5.41, 5.74) is 1.83. The van der Waals surface area contributed by atoms with E-state index >= 15 is 0 Å². The predicted molar refractivity (Wildman–Crippen MR) is 161 cm³/mol. The fraction of sp³-hybridized carbons (Fsp3) is 0.333. The van der Waals surface area contributed by atoms with Crippen molar-refractivity contribution < 1.29 is 18.0 Å². The molecular weight excluding hydrogens is 569 g/mol. The number of rotatable bonds is 12. The Morgan fingerprint density at radius 1 is 0.875 bits per heavy atom. The van der Waals surface area contributed by atoms with Crippen LogP contribution in [0.1, 0.15) is 45.2 Å². The number of carbonyl (C=O) groups is 2. The van der Waals surface area contributed by atoms with E-state index in [-0.39, 0.29) is 23.4 Å². The van der Waals surface area contributed by atoms with Gasteiger partial charge in [-0.3, -0.25) is 13.9 Å². The van der Waals surface area contributed by atoms with Crippen molar-refractivity contribution in [3.63, 3.8) is 0 Å². The van der Waals surface area contributed by atoms with Gasteiger partial charge in [0.05, 0.1) is 10.6 Å². The topological polar surface area (TPSA) is 86.8 Å². The Morgan fingerprint density at radius 3 is 2.02 bits per heavy atom. The molecule has 2 atom stereocenters. The average Bonchev–Trinajstić information content (AvgIpc) is 2.95. The molecule has 3 aromatic rings. The highest BCUT2D eigenvalue weighted by Gasteiger charge is 2.33. The van der Waals surface area contributed by atoms with E-state index in [0.29, 0.717) is 27.7 Å². The summed E-state index contributed by atoms with van der Waals surface area (Å²) in [5, 5.41) is 3.58. The Morgan fingerprint density at radius 2 is 1.48 bits per heavy atom. The number of sulfonamides is 1. The van der Waals surface area contributed by atoms with E-state index in [9.17, 15) is 18.0 Å². The van der Waals surface area contributed by atoms with Crippen LogP contribution in [0, 0.1) is 0 Å². The predicted octanol–water partition coefficient (Wildman–Crippen LogP) is 6.08. The first kappa shape index (κ1) is 31.5. The van der Waals surface area contributed by atoms with E-state index < -0.39 is 28.5 Å². The lowest BCUT2D eigenvalue weighted by atomic mass is 10.1. The van der Waals surface area contributed by atoms with Crippen molar-refractivity contribution in [3.05, 3.63) is 94.0 Å². The van der Waals surface area contributed by atoms with Crippen molar-refractivity contribution in [3.8, 4) is 0 Å². The minimum absolute atomic E-state index is 0.0469. The standard InChI is InChI=1S/C30H35Cl2N3O4S/c1-5-21(3)33-30(37)22(4)34(19-26-27(31)13-10-14-28(26)32)29(36)20-35(24-17-15-23(6-2)16-18-24)40(38,39)25-11-8-7-9-12-25/h7-18,21-22H,5-6,19-20H2,1-4H3,(H,33,37)/t21-,22-/m1/s1. The van der Waals surface area contributed by atoms with Crippen LogP contribution in [0.15, 0.2) is 77.7 Å². The van der Waals surface area contributed by atoms with E-state index in [0.717, 1.165) is 16.3 Å². The highest BCUT2D eigenvalue weighted by molar-refractivity contribution is 7.92. The van der Waals surface area contributed by atoms with Crippen LogP contribution in [0.5, 0.6) is 0 Å². The second kappa shape index (κ2) is 14.0. The third-order valence-electron chi connectivity index (χ3n) is 6.80. The molecule has 0 aliphatic heterocycles. The van der Waals surface area contributed by atoms with Crippen molar-refractivity contribution >= 4 is 50.7 Å². The molecule has 3 aromatic carbocycles. The summed E-state index contributed by atoms with van der Waals surface area (Å²) < 4.78 is 28.7. The SMILES string of the molecule is CCc1ccc(N(CC(=O)N(Cc2c(Cl)cccc2Cl)[C@H](C)C(=O)N[C@H](C)CC)S(=O)(=O)c2ccccc2)cc1. The molecule has 0 bridgehead atoms. The summed E-state index contributed by atoms with van der Waals surface area (Å²) in [6, 6.07) is 18.9. The Labute approximate surface area is 247 Å². The van der Waals surface area contributed by atoms with Gasteiger partial charge in [-0.05, 0) is 68.7 Å². The van der Waals surface area contributed by atoms with Gasteiger partial charge in [-0.1, -0.05) is 73.4 Å². The van der Waals surface area contributed by atoms with E-state index in [4.69, 9.17) is 23.2 Å². The van der Waals surface area contributed by atoms with E-state index in [2.05, 4.69) is 5.32 Å². The van der Waals surface area contributed by atoms with Crippen LogP contribution in [0.4, 0.5) is 5.69 Å². The summed E-state index contributed by atoms with van der Waals surface area (Å²) in [4.78, 5) is 28.5. The summed E-state index contributed by atoms with van der Waals surface area (Å²) in [5.74, 6) is -0.947. The summed E-state index contributed by atoms with van der Waals surface area (Å²) in [6.45, 7) is 6.80. The summed E-state index contributed by atoms with van der Waals surface area (Å²) >= 11 is 12.8. The van der Waals surface area contributed by atoms with Gasteiger partial charge in [-0.2, -0.15) is 0 Å². The smallest absolute Gasteiger partial charge is 0.264 e. The van der Waals surface area contributed by atoms with Crippen LogP contribution >= 0.6 is 23.2 Å². The Balaban J connectivity index is 2.05. The molecule has 0 aliphatic rings. The zero-order chi connectivity index (χ0) is 29.4. The third kappa shape index (κ3) is 7.56. The number of halogens is 2. The molecule has 0 saturated carbocycles. The number of anilines is 1. The molecule has 1 N–H and O–H groups in total. The molecule has 0 heterocycles. The van der Waals surface area contributed by atoms with Crippen LogP contribution in [-0.2, 0) is 32.6 Å². The molecule has 3 rings (SSSR count). The number of nitrogens with one attached hydrogen (secondary N) is 1. The maximum atomic E-state index is 14.0. The van der Waals surface area contributed by atoms with Crippen molar-refractivity contribution in [1.29, 1.82) is 0 Å². The van der Waals surface area contributed by atoms with Gasteiger partial charge in [0.25, 0.3) is 10.0 Å². The molecule has 0 unspecified atom stereocenters. The first-order chi connectivity index (χ1) is 19.0. The monoisotopic (exact) mass is 603 g/mol. The van der Waals surface area contributed by atoms with E-state index in [1.165, 1.54) is 17.0 Å². The van der Waals surface area contributed by atoms with Gasteiger partial charge in [-0.25, -0.2) is 8.42 Å². The molecule has 10 heteroatoms. The molecule has 214 valence electrons. The van der Waals surface area contributed by atoms with Crippen LogP contribution in [0.25, 0.3) is 0 Å². The van der Waals surface area contributed by atoms with Crippen LogP contribution in [-0.4, -0.2) is 43.8 Å². The Kier molecular flexibility index (Phi) is 11.0. The Hall–Kier alpha value is -3.07. The number of hydrogen-bond donors (Lipinski definition) is 1. The molecular formula is C30H35Cl2N3O4S. The zero-order valence-corrected chi connectivity index (χ0v) is 25.4. The lowest BCUT2D eigenvalue weighted by Crippen LogP contribution is -2.52. The van der Waals surface area contributed by atoms with Crippen LogP contribution in [0.2, 0.25) is 10.0 Å². The largest absolute Gasteiger partial charge is 0.352 e. The second-order valence-electron chi connectivity index (χ2n) is 9.56. The highest BCUT2D eigenvalue weighted by atomic mass is 35.5. The molecule has 0 saturated heterocycles. The number of carbonyl (C=O) groups excluding carboxylic acids is 2. The van der Waals surface area contributed by atoms with E-state index in [1.54, 1.807) is 55.5 Å². The fourth-order valence-electron chi connectivity index (χ4n) is 4.05. The minimum Gasteiger partial charge on any atom is -0.352 e. The number of benzene rings is 3. The highest BCUT2D eigenvalue weighted by Crippen LogP contribution is 2.28. The average molecular weight is 605 g/mol. The lowest BCUT2D eigenvalue weighted by Gasteiger charge is -2.33. The second-order valence-corrected chi connectivity index (χ2v) is 12.2. The van der Waals surface area contributed by atoms with E-state index in [1.807, 2.05) is 32.9 Å². The zero-order valence-electron chi connectivity index (χ0n) is 23.1. The molecule has 40 heavy (non-hydrogen) atoms. The first-order valence-electron chi connectivity index (χ1n) is 13.2. The number of nitrogens with zero attached hydrogens (tertiary/aromatic N) is 2. The van der Waals surface area contributed by atoms with Gasteiger partial charge >= 0.3 is 0 Å². The molecule has 2 amide bonds. The van der Waals surface area contributed by atoms with Gasteiger partial charge in [0, 0.05) is 28.2 Å². The lowest BCUT2D eigenvalue weighted by molar-refractivity contribution is -0.139. The van der Waals surface area contributed by atoms with Gasteiger partial charge in [0.15, 0.2) is 0 Å². The van der Waals surface area contributed by atoms with Crippen LogP contribution < -0.4 is 9.62 Å². The van der Waals surface area contributed by atoms with Gasteiger partial charge in [-0.15, -0.1) is 0 Å².